The number of halogens is 1. The first kappa shape index (κ1) is 21.7. The molecule has 3 aromatic carbocycles. The molecule has 4 rings (SSSR count). The molecule has 6 heteroatoms. The van der Waals surface area contributed by atoms with Crippen LogP contribution in [0.15, 0.2) is 77.4 Å². The van der Waals surface area contributed by atoms with E-state index in [1.165, 1.54) is 0 Å². The molecule has 0 aliphatic carbocycles. The van der Waals surface area contributed by atoms with Gasteiger partial charge in [0.25, 0.3) is 0 Å². The fourth-order valence-corrected chi connectivity index (χ4v) is 3.26. The highest BCUT2D eigenvalue weighted by Crippen LogP contribution is 2.31. The van der Waals surface area contributed by atoms with Crippen LogP contribution in [0.3, 0.4) is 0 Å². The van der Waals surface area contributed by atoms with Gasteiger partial charge in [-0.25, -0.2) is 9.79 Å². The lowest BCUT2D eigenvalue weighted by Gasteiger charge is -2.13. The Bertz CT molecular complexity index is 1180. The van der Waals surface area contributed by atoms with Gasteiger partial charge in [0.1, 0.15) is 6.61 Å². The summed E-state index contributed by atoms with van der Waals surface area (Å²) in [6.07, 6.45) is 1.68. The third kappa shape index (κ3) is 5.18. The van der Waals surface area contributed by atoms with Gasteiger partial charge in [0.05, 0.1) is 6.61 Å². The van der Waals surface area contributed by atoms with Gasteiger partial charge >= 0.3 is 5.97 Å². The lowest BCUT2D eigenvalue weighted by molar-refractivity contribution is -0.129. The molecule has 1 aliphatic heterocycles. The molecule has 3 aromatic rings. The van der Waals surface area contributed by atoms with Crippen molar-refractivity contribution in [2.45, 2.75) is 20.5 Å². The third-order valence-electron chi connectivity index (χ3n) is 4.80. The summed E-state index contributed by atoms with van der Waals surface area (Å²) in [5.74, 6) is 1.02. The van der Waals surface area contributed by atoms with Crippen molar-refractivity contribution >= 4 is 29.5 Å². The second-order valence-corrected chi connectivity index (χ2v) is 7.69. The lowest BCUT2D eigenvalue weighted by Crippen LogP contribution is -2.05. The van der Waals surface area contributed by atoms with Gasteiger partial charge < -0.3 is 14.2 Å². The number of nitrogens with zero attached hydrogens (tertiary/aromatic N) is 1. The van der Waals surface area contributed by atoms with E-state index in [9.17, 15) is 4.79 Å². The summed E-state index contributed by atoms with van der Waals surface area (Å²) in [5.41, 5.74) is 3.87. The summed E-state index contributed by atoms with van der Waals surface area (Å²) >= 11 is 5.93. The van der Waals surface area contributed by atoms with Gasteiger partial charge in [-0.15, -0.1) is 0 Å². The van der Waals surface area contributed by atoms with Crippen LogP contribution in [0.4, 0.5) is 0 Å². The van der Waals surface area contributed by atoms with E-state index in [1.807, 2.05) is 80.6 Å². The Balaban J connectivity index is 1.54. The van der Waals surface area contributed by atoms with Gasteiger partial charge in [0.15, 0.2) is 17.2 Å². The second kappa shape index (κ2) is 9.71. The Hall–Kier alpha value is -3.57. The zero-order valence-electron chi connectivity index (χ0n) is 17.8. The fourth-order valence-electron chi connectivity index (χ4n) is 3.13. The normalized spacial score (nSPS) is 14.3. The zero-order chi connectivity index (χ0) is 22.5. The van der Waals surface area contributed by atoms with Crippen molar-refractivity contribution in [1.29, 1.82) is 0 Å². The SMILES string of the molecule is CCOc1cc(/C=C2\N=C(c3ccc(C)cc3)OC2=O)ccc1OCc1ccc(Cl)cc1. The molecule has 1 heterocycles. The van der Waals surface area contributed by atoms with Crippen LogP contribution >= 0.6 is 11.6 Å². The van der Waals surface area contributed by atoms with Gasteiger partial charge in [0, 0.05) is 10.6 Å². The highest BCUT2D eigenvalue weighted by molar-refractivity contribution is 6.30. The van der Waals surface area contributed by atoms with Gasteiger partial charge in [0.2, 0.25) is 5.90 Å². The summed E-state index contributed by atoms with van der Waals surface area (Å²) in [6.45, 7) is 4.76. The van der Waals surface area contributed by atoms with Crippen LogP contribution in [0.1, 0.15) is 29.2 Å². The Morgan fingerprint density at radius 1 is 0.969 bits per heavy atom. The molecular formula is C26H22ClNO4. The molecule has 0 amide bonds. The van der Waals surface area contributed by atoms with Crippen LogP contribution in [0.25, 0.3) is 6.08 Å². The van der Waals surface area contributed by atoms with Crippen LogP contribution in [0.2, 0.25) is 5.02 Å². The molecule has 1 aliphatic rings. The first-order valence-corrected chi connectivity index (χ1v) is 10.6. The molecule has 162 valence electrons. The van der Waals surface area contributed by atoms with Gasteiger partial charge in [-0.1, -0.05) is 47.5 Å². The molecule has 0 atom stereocenters. The number of rotatable bonds is 7. The molecule has 0 unspecified atom stereocenters. The number of cyclic esters (lactones) is 1. The minimum Gasteiger partial charge on any atom is -0.490 e. The van der Waals surface area contributed by atoms with E-state index in [1.54, 1.807) is 6.08 Å². The molecule has 0 spiro atoms. The molecule has 0 radical (unpaired) electrons. The van der Waals surface area contributed by atoms with Crippen LogP contribution < -0.4 is 9.47 Å². The highest BCUT2D eigenvalue weighted by Gasteiger charge is 2.24. The summed E-state index contributed by atoms with van der Waals surface area (Å²) in [6, 6.07) is 20.6. The van der Waals surface area contributed by atoms with Crippen molar-refractivity contribution in [3.8, 4) is 11.5 Å². The number of aliphatic imine (C=N–C) groups is 1. The molecule has 5 nitrogen and oxygen atoms in total. The molecule has 0 bridgehead atoms. The first-order valence-electron chi connectivity index (χ1n) is 10.3. The molecule has 0 saturated heterocycles. The average Bonchev–Trinajstić information content (AvgIpc) is 3.15. The number of ether oxygens (including phenoxy) is 3. The Labute approximate surface area is 191 Å². The number of carbonyl (C=O) groups is 1. The molecule has 0 fully saturated rings. The summed E-state index contributed by atoms with van der Waals surface area (Å²) in [7, 11) is 0. The quantitative estimate of drug-likeness (QED) is 0.330. The number of hydrogen-bond acceptors (Lipinski definition) is 5. The van der Waals surface area contributed by atoms with Crippen LogP contribution in [-0.4, -0.2) is 18.5 Å². The summed E-state index contributed by atoms with van der Waals surface area (Å²) < 4.78 is 17.0. The van der Waals surface area contributed by atoms with Gasteiger partial charge in [-0.05, 0) is 67.4 Å². The van der Waals surface area contributed by atoms with Crippen LogP contribution in [-0.2, 0) is 16.1 Å². The predicted molar refractivity (Wildman–Crippen MR) is 125 cm³/mol. The standard InChI is InChI=1S/C26H22ClNO4/c1-3-30-24-15-19(8-13-23(24)31-16-18-6-11-21(27)12-7-18)14-22-26(29)32-25(28-22)20-9-4-17(2)5-10-20/h4-15H,3,16H2,1-2H3/b22-14-. The van der Waals surface area contributed by atoms with Gasteiger partial charge in [-0.3, -0.25) is 0 Å². The largest absolute Gasteiger partial charge is 0.490 e. The number of carbonyl (C=O) groups excluding carboxylic acids is 1. The minimum atomic E-state index is -0.485. The number of esters is 1. The van der Waals surface area contributed by atoms with E-state index in [-0.39, 0.29) is 5.70 Å². The van der Waals surface area contributed by atoms with Gasteiger partial charge in [-0.2, -0.15) is 0 Å². The third-order valence-corrected chi connectivity index (χ3v) is 5.05. The van der Waals surface area contributed by atoms with E-state index in [0.717, 1.165) is 22.3 Å². The van der Waals surface area contributed by atoms with E-state index < -0.39 is 5.97 Å². The average molecular weight is 448 g/mol. The monoisotopic (exact) mass is 447 g/mol. The summed E-state index contributed by atoms with van der Waals surface area (Å²) in [5, 5.41) is 0.680. The van der Waals surface area contributed by atoms with Crippen molar-refractivity contribution in [3.05, 3.63) is 99.7 Å². The number of benzene rings is 3. The van der Waals surface area contributed by atoms with Crippen molar-refractivity contribution in [2.75, 3.05) is 6.61 Å². The smallest absolute Gasteiger partial charge is 0.363 e. The van der Waals surface area contributed by atoms with Crippen molar-refractivity contribution < 1.29 is 19.0 Å². The van der Waals surface area contributed by atoms with E-state index in [4.69, 9.17) is 25.8 Å². The highest BCUT2D eigenvalue weighted by atomic mass is 35.5. The Kier molecular flexibility index (Phi) is 6.57. The maximum Gasteiger partial charge on any atom is 0.363 e. The maximum absolute atomic E-state index is 12.3. The van der Waals surface area contributed by atoms with Crippen molar-refractivity contribution in [2.24, 2.45) is 4.99 Å². The molecule has 0 aromatic heterocycles. The van der Waals surface area contributed by atoms with E-state index in [2.05, 4.69) is 4.99 Å². The minimum absolute atomic E-state index is 0.234. The maximum atomic E-state index is 12.3. The molecule has 0 saturated carbocycles. The number of hydrogen-bond donors (Lipinski definition) is 0. The molecule has 0 N–H and O–H groups in total. The Morgan fingerprint density at radius 3 is 2.44 bits per heavy atom. The fraction of sp³-hybridized carbons (Fsp3) is 0.154. The van der Waals surface area contributed by atoms with Crippen molar-refractivity contribution in [3.63, 3.8) is 0 Å². The zero-order valence-corrected chi connectivity index (χ0v) is 18.6. The first-order chi connectivity index (χ1) is 15.5. The van der Waals surface area contributed by atoms with Crippen LogP contribution in [0, 0.1) is 6.92 Å². The second-order valence-electron chi connectivity index (χ2n) is 7.26. The van der Waals surface area contributed by atoms with Crippen molar-refractivity contribution in [1.82, 2.24) is 0 Å². The predicted octanol–water partition coefficient (Wildman–Crippen LogP) is 5.97. The van der Waals surface area contributed by atoms with E-state index in [0.29, 0.717) is 35.6 Å². The summed E-state index contributed by atoms with van der Waals surface area (Å²) in [4.78, 5) is 16.7. The number of aryl methyl sites for hydroxylation is 1. The van der Waals surface area contributed by atoms with E-state index >= 15 is 0 Å². The molecule has 32 heavy (non-hydrogen) atoms. The van der Waals surface area contributed by atoms with Crippen LogP contribution in [0.5, 0.6) is 11.5 Å². The lowest BCUT2D eigenvalue weighted by atomic mass is 10.1. The molecular weight excluding hydrogens is 426 g/mol. The topological polar surface area (TPSA) is 57.1 Å². The Morgan fingerprint density at radius 2 is 1.72 bits per heavy atom.